The van der Waals surface area contributed by atoms with Gasteiger partial charge in [-0.15, -0.1) is 0 Å². The van der Waals surface area contributed by atoms with Crippen molar-refractivity contribution in [3.63, 3.8) is 0 Å². The summed E-state index contributed by atoms with van der Waals surface area (Å²) in [7, 11) is 0. The third-order valence-electron chi connectivity index (χ3n) is 5.10. The molecule has 0 aromatic heterocycles. The molecule has 1 amide bonds. The first-order valence-electron chi connectivity index (χ1n) is 8.73. The van der Waals surface area contributed by atoms with E-state index in [1.165, 1.54) is 6.34 Å². The van der Waals surface area contributed by atoms with Crippen LogP contribution >= 0.6 is 0 Å². The van der Waals surface area contributed by atoms with Crippen LogP contribution in [-0.4, -0.2) is 23.3 Å². The zero-order valence-electron chi connectivity index (χ0n) is 15.0. The molecular weight excluding hydrogens is 344 g/mol. The van der Waals surface area contributed by atoms with Gasteiger partial charge in [-0.1, -0.05) is 25.1 Å². The molecular formula is C20H22N4O3. The highest BCUT2D eigenvalue weighted by atomic mass is 16.4. The molecule has 2 aromatic carbocycles. The lowest BCUT2D eigenvalue weighted by molar-refractivity contribution is -0.143. The number of carboxylic acids is 1. The monoisotopic (exact) mass is 366 g/mol. The number of carboxylic acid groups (broad SMARTS) is 1. The Kier molecular flexibility index (Phi) is 5.23. The number of nitrogens with one attached hydrogen (secondary N) is 2. The van der Waals surface area contributed by atoms with Crippen molar-refractivity contribution >= 4 is 29.6 Å². The van der Waals surface area contributed by atoms with Crippen molar-refractivity contribution in [3.8, 4) is 0 Å². The summed E-state index contributed by atoms with van der Waals surface area (Å²) in [5.74, 6) is 4.20. The molecule has 7 nitrogen and oxygen atoms in total. The Morgan fingerprint density at radius 2 is 2.04 bits per heavy atom. The summed E-state index contributed by atoms with van der Waals surface area (Å²) in [6.45, 7) is 1.91. The standard InChI is InChI=1S/C20H22N4O3/c1-2-20(19(26)27)11-17(20)13-6-8-15(9-7-13)24-18(25)14-4-3-5-16(10-14)22-12-23-21/h3-10,12,17H,2,11,21H2,1H3,(H,22,23)(H,24,25)(H,26,27). The van der Waals surface area contributed by atoms with E-state index in [1.54, 1.807) is 36.4 Å². The van der Waals surface area contributed by atoms with Crippen LogP contribution in [0.5, 0.6) is 0 Å². The van der Waals surface area contributed by atoms with Crippen LogP contribution in [0.4, 0.5) is 11.4 Å². The number of nitrogens with zero attached hydrogens (tertiary/aromatic N) is 1. The van der Waals surface area contributed by atoms with Crippen molar-refractivity contribution in [3.05, 3.63) is 59.7 Å². The molecule has 140 valence electrons. The van der Waals surface area contributed by atoms with Crippen LogP contribution in [0.15, 0.2) is 53.5 Å². The molecule has 1 fully saturated rings. The van der Waals surface area contributed by atoms with Gasteiger partial charge in [0.2, 0.25) is 0 Å². The highest BCUT2D eigenvalue weighted by Gasteiger charge is 2.59. The van der Waals surface area contributed by atoms with Crippen LogP contribution in [-0.2, 0) is 4.79 Å². The Bertz CT molecular complexity index is 879. The molecule has 0 spiro atoms. The van der Waals surface area contributed by atoms with Crippen molar-refractivity contribution in [2.24, 2.45) is 16.3 Å². The maximum atomic E-state index is 12.4. The second kappa shape index (κ2) is 7.59. The fourth-order valence-electron chi connectivity index (χ4n) is 3.36. The van der Waals surface area contributed by atoms with Gasteiger partial charge in [-0.3, -0.25) is 9.59 Å². The van der Waals surface area contributed by atoms with Gasteiger partial charge in [-0.2, -0.15) is 0 Å². The normalized spacial score (nSPS) is 21.0. The summed E-state index contributed by atoms with van der Waals surface area (Å²) in [5.41, 5.74) is 4.40. The molecule has 1 aliphatic carbocycles. The molecule has 0 bridgehead atoms. The van der Waals surface area contributed by atoms with E-state index in [-0.39, 0.29) is 11.8 Å². The molecule has 7 heteroatoms. The molecule has 0 heterocycles. The number of hydrogen-bond donors (Lipinski definition) is 4. The number of nitrogens with two attached hydrogens (primary N) is 1. The zero-order valence-corrected chi connectivity index (χ0v) is 15.0. The lowest BCUT2D eigenvalue weighted by atomic mass is 9.96. The molecule has 1 aliphatic rings. The number of hydrogen-bond acceptors (Lipinski definition) is 4. The molecule has 5 N–H and O–H groups in total. The van der Waals surface area contributed by atoms with Gasteiger partial charge >= 0.3 is 5.97 Å². The number of rotatable bonds is 7. The van der Waals surface area contributed by atoms with E-state index in [1.807, 2.05) is 19.1 Å². The number of aliphatic imine (C=N–C) groups is 1. The van der Waals surface area contributed by atoms with E-state index in [0.717, 1.165) is 5.56 Å². The fourth-order valence-corrected chi connectivity index (χ4v) is 3.36. The quantitative estimate of drug-likeness (QED) is 0.260. The minimum atomic E-state index is -0.736. The molecule has 0 saturated heterocycles. The van der Waals surface area contributed by atoms with Crippen molar-refractivity contribution in [2.45, 2.75) is 25.7 Å². The van der Waals surface area contributed by atoms with Gasteiger partial charge < -0.3 is 15.8 Å². The van der Waals surface area contributed by atoms with E-state index < -0.39 is 11.4 Å². The Morgan fingerprint density at radius 3 is 2.63 bits per heavy atom. The highest BCUT2D eigenvalue weighted by Crippen LogP contribution is 2.61. The van der Waals surface area contributed by atoms with Crippen molar-refractivity contribution in [1.29, 1.82) is 0 Å². The number of benzene rings is 2. The van der Waals surface area contributed by atoms with E-state index in [9.17, 15) is 14.7 Å². The van der Waals surface area contributed by atoms with E-state index in [0.29, 0.717) is 29.8 Å². The average Bonchev–Trinajstić information content (AvgIpc) is 3.43. The first-order valence-corrected chi connectivity index (χ1v) is 8.73. The van der Waals surface area contributed by atoms with E-state index in [2.05, 4.69) is 15.7 Å². The molecule has 0 aliphatic heterocycles. The van der Waals surface area contributed by atoms with Gasteiger partial charge in [-0.25, -0.2) is 10.8 Å². The minimum absolute atomic E-state index is 0.0375. The number of carbonyl (C=O) groups excluding carboxylic acids is 1. The second-order valence-electron chi connectivity index (χ2n) is 6.62. The molecule has 1 saturated carbocycles. The summed E-state index contributed by atoms with van der Waals surface area (Å²) >= 11 is 0. The fraction of sp³-hybridized carbons (Fsp3) is 0.250. The Morgan fingerprint density at radius 1 is 1.30 bits per heavy atom. The summed E-state index contributed by atoms with van der Waals surface area (Å²) in [5, 5.41) is 12.3. The molecule has 2 aromatic rings. The molecule has 2 unspecified atom stereocenters. The summed E-state index contributed by atoms with van der Waals surface area (Å²) in [6, 6.07) is 14.2. The van der Waals surface area contributed by atoms with Crippen LogP contribution < -0.4 is 16.6 Å². The predicted molar refractivity (Wildman–Crippen MR) is 104 cm³/mol. The van der Waals surface area contributed by atoms with Crippen LogP contribution in [0.1, 0.15) is 41.6 Å². The topological polar surface area (TPSA) is 117 Å². The summed E-state index contributed by atoms with van der Waals surface area (Å²) < 4.78 is 0. The van der Waals surface area contributed by atoms with Gasteiger partial charge in [0.1, 0.15) is 6.34 Å². The highest BCUT2D eigenvalue weighted by molar-refractivity contribution is 6.04. The maximum absolute atomic E-state index is 12.4. The molecule has 27 heavy (non-hydrogen) atoms. The van der Waals surface area contributed by atoms with Crippen LogP contribution in [0, 0.1) is 5.41 Å². The molecule has 0 radical (unpaired) electrons. The summed E-state index contributed by atoms with van der Waals surface area (Å²) in [4.78, 5) is 28.0. The van der Waals surface area contributed by atoms with Gasteiger partial charge in [0.15, 0.2) is 0 Å². The van der Waals surface area contributed by atoms with Crippen LogP contribution in [0.2, 0.25) is 0 Å². The maximum Gasteiger partial charge on any atom is 0.310 e. The van der Waals surface area contributed by atoms with Crippen molar-refractivity contribution in [1.82, 2.24) is 5.43 Å². The lowest BCUT2D eigenvalue weighted by Crippen LogP contribution is -2.18. The average molecular weight is 366 g/mol. The molecule has 2 atom stereocenters. The third-order valence-corrected chi connectivity index (χ3v) is 5.10. The Labute approximate surface area is 157 Å². The molecule has 3 rings (SSSR count). The number of carbonyl (C=O) groups is 2. The van der Waals surface area contributed by atoms with Gasteiger partial charge in [0.05, 0.1) is 11.1 Å². The van der Waals surface area contributed by atoms with Crippen molar-refractivity contribution < 1.29 is 14.7 Å². The van der Waals surface area contributed by atoms with Crippen molar-refractivity contribution in [2.75, 3.05) is 5.32 Å². The lowest BCUT2D eigenvalue weighted by Gasteiger charge is -2.10. The largest absolute Gasteiger partial charge is 0.481 e. The van der Waals surface area contributed by atoms with E-state index >= 15 is 0 Å². The van der Waals surface area contributed by atoms with Gasteiger partial charge in [-0.05, 0) is 48.7 Å². The van der Waals surface area contributed by atoms with Crippen LogP contribution in [0.3, 0.4) is 0 Å². The Balaban J connectivity index is 1.68. The number of hydrazine groups is 1. The first-order chi connectivity index (χ1) is 13.0. The van der Waals surface area contributed by atoms with E-state index in [4.69, 9.17) is 5.84 Å². The predicted octanol–water partition coefficient (Wildman–Crippen LogP) is 3.03. The van der Waals surface area contributed by atoms with Crippen LogP contribution in [0.25, 0.3) is 0 Å². The van der Waals surface area contributed by atoms with Gasteiger partial charge in [0.25, 0.3) is 5.91 Å². The number of anilines is 1. The number of aliphatic carboxylic acids is 1. The second-order valence-corrected chi connectivity index (χ2v) is 6.62. The first kappa shape index (κ1) is 18.6. The smallest absolute Gasteiger partial charge is 0.310 e. The third kappa shape index (κ3) is 3.83. The summed E-state index contributed by atoms with van der Waals surface area (Å²) in [6.07, 6.45) is 2.61. The zero-order chi connectivity index (χ0) is 19.4. The minimum Gasteiger partial charge on any atom is -0.481 e. The number of amides is 1. The SMILES string of the molecule is CCC1(C(=O)O)CC1c1ccc(NC(=O)c2cccc(N=CNN)c2)cc1. The van der Waals surface area contributed by atoms with Gasteiger partial charge in [0, 0.05) is 17.2 Å². The Hall–Kier alpha value is -3.19.